The van der Waals surface area contributed by atoms with Crippen molar-refractivity contribution in [1.29, 1.82) is 0 Å². The molecule has 0 aromatic carbocycles. The Balaban J connectivity index is 3.33. The second-order valence-electron chi connectivity index (χ2n) is 7.01. The van der Waals surface area contributed by atoms with Gasteiger partial charge in [-0.15, -0.1) is 0 Å². The molecule has 0 N–H and O–H groups in total. The minimum absolute atomic E-state index is 0.0339. The van der Waals surface area contributed by atoms with E-state index in [-0.39, 0.29) is 17.9 Å². The van der Waals surface area contributed by atoms with Crippen LogP contribution >= 0.6 is 0 Å². The van der Waals surface area contributed by atoms with Gasteiger partial charge in [-0.3, -0.25) is 9.59 Å². The van der Waals surface area contributed by atoms with E-state index in [1.54, 1.807) is 0 Å². The van der Waals surface area contributed by atoms with Crippen LogP contribution in [-0.4, -0.2) is 26.2 Å². The first-order valence-corrected chi connectivity index (χ1v) is 10.3. The number of hydrogen-bond donors (Lipinski definition) is 0. The molecule has 1 unspecified atom stereocenters. The predicted octanol–water partition coefficient (Wildman–Crippen LogP) is 5.82. The molecule has 4 heteroatoms. The maximum Gasteiger partial charge on any atom is 0.308 e. The topological polar surface area (TPSA) is 52.6 Å². The molecule has 0 rings (SSSR count). The molecule has 4 nitrogen and oxygen atoms in total. The normalized spacial score (nSPS) is 12.0. The fraction of sp³-hybridized carbons (Fsp3) is 0.905. The number of carbonyl (C=O) groups is 2. The summed E-state index contributed by atoms with van der Waals surface area (Å²) in [6, 6.07) is 0. The van der Waals surface area contributed by atoms with Crippen LogP contribution in [0.3, 0.4) is 0 Å². The molecule has 0 amide bonds. The Labute approximate surface area is 155 Å². The van der Waals surface area contributed by atoms with Crippen molar-refractivity contribution in [1.82, 2.24) is 0 Å². The standard InChI is InChI=1S/C21H40O4/c1-4-16-19(21(23)25-3)17-14-12-10-8-6-5-7-9-11-13-15-18-20(22)24-2/h19H,4-18H2,1-3H3. The number of esters is 2. The Morgan fingerprint density at radius 1 is 0.680 bits per heavy atom. The molecular weight excluding hydrogens is 316 g/mol. The van der Waals surface area contributed by atoms with Crippen LogP contribution in [0.4, 0.5) is 0 Å². The number of hydrogen-bond acceptors (Lipinski definition) is 4. The monoisotopic (exact) mass is 356 g/mol. The van der Waals surface area contributed by atoms with E-state index in [0.29, 0.717) is 6.42 Å². The van der Waals surface area contributed by atoms with Gasteiger partial charge >= 0.3 is 11.9 Å². The fourth-order valence-corrected chi connectivity index (χ4v) is 3.25. The van der Waals surface area contributed by atoms with E-state index in [1.165, 1.54) is 65.6 Å². The van der Waals surface area contributed by atoms with Gasteiger partial charge in [-0.25, -0.2) is 0 Å². The number of unbranched alkanes of at least 4 members (excludes halogenated alkanes) is 10. The molecule has 25 heavy (non-hydrogen) atoms. The highest BCUT2D eigenvalue weighted by atomic mass is 16.5. The van der Waals surface area contributed by atoms with Crippen LogP contribution < -0.4 is 0 Å². The first kappa shape index (κ1) is 23.9. The highest BCUT2D eigenvalue weighted by Crippen LogP contribution is 2.18. The summed E-state index contributed by atoms with van der Waals surface area (Å²) >= 11 is 0. The van der Waals surface area contributed by atoms with Crippen molar-refractivity contribution < 1.29 is 19.1 Å². The van der Waals surface area contributed by atoms with E-state index >= 15 is 0 Å². The third-order valence-electron chi connectivity index (χ3n) is 4.83. The summed E-state index contributed by atoms with van der Waals surface area (Å²) in [5.74, 6) is -0.0183. The molecule has 1 atom stereocenters. The molecule has 0 saturated heterocycles. The summed E-state index contributed by atoms with van der Waals surface area (Å²) in [5, 5.41) is 0. The molecule has 0 aromatic rings. The number of ether oxygens (including phenoxy) is 2. The largest absolute Gasteiger partial charge is 0.469 e. The SMILES string of the molecule is CCCC(CCCCCCCCCCCCCC(=O)OC)C(=O)OC. The van der Waals surface area contributed by atoms with Crippen molar-refractivity contribution >= 4 is 11.9 Å². The zero-order valence-corrected chi connectivity index (χ0v) is 16.8. The van der Waals surface area contributed by atoms with Crippen molar-refractivity contribution in [2.24, 2.45) is 5.92 Å². The lowest BCUT2D eigenvalue weighted by atomic mass is 9.96. The van der Waals surface area contributed by atoms with Crippen molar-refractivity contribution in [3.63, 3.8) is 0 Å². The average Bonchev–Trinajstić information content (AvgIpc) is 2.63. The van der Waals surface area contributed by atoms with Gasteiger partial charge < -0.3 is 9.47 Å². The number of rotatable bonds is 17. The molecule has 0 aromatic heterocycles. The Hall–Kier alpha value is -1.06. The first-order chi connectivity index (χ1) is 12.2. The van der Waals surface area contributed by atoms with Crippen LogP contribution in [0.15, 0.2) is 0 Å². The van der Waals surface area contributed by atoms with Gasteiger partial charge in [-0.1, -0.05) is 77.6 Å². The van der Waals surface area contributed by atoms with E-state index in [4.69, 9.17) is 4.74 Å². The molecule has 0 radical (unpaired) electrons. The lowest BCUT2D eigenvalue weighted by molar-refractivity contribution is -0.146. The summed E-state index contributed by atoms with van der Waals surface area (Å²) in [7, 11) is 2.94. The van der Waals surface area contributed by atoms with Crippen LogP contribution in [-0.2, 0) is 19.1 Å². The summed E-state index contributed by atoms with van der Waals surface area (Å²) < 4.78 is 9.51. The van der Waals surface area contributed by atoms with Crippen molar-refractivity contribution in [3.05, 3.63) is 0 Å². The minimum atomic E-state index is -0.0902. The average molecular weight is 357 g/mol. The Morgan fingerprint density at radius 2 is 1.16 bits per heavy atom. The van der Waals surface area contributed by atoms with E-state index in [9.17, 15) is 9.59 Å². The number of carbonyl (C=O) groups excluding carboxylic acids is 2. The van der Waals surface area contributed by atoms with E-state index in [1.807, 2.05) is 0 Å². The van der Waals surface area contributed by atoms with Gasteiger partial charge in [0.2, 0.25) is 0 Å². The minimum Gasteiger partial charge on any atom is -0.469 e. The summed E-state index contributed by atoms with van der Waals surface area (Å²) in [4.78, 5) is 22.6. The van der Waals surface area contributed by atoms with Gasteiger partial charge in [-0.05, 0) is 19.3 Å². The molecule has 148 valence electrons. The Kier molecular flexibility index (Phi) is 17.0. The molecule has 0 aliphatic carbocycles. The van der Waals surface area contributed by atoms with Crippen LogP contribution in [0.25, 0.3) is 0 Å². The quantitative estimate of drug-likeness (QED) is 0.243. The smallest absolute Gasteiger partial charge is 0.308 e. The van der Waals surface area contributed by atoms with E-state index < -0.39 is 0 Å². The van der Waals surface area contributed by atoms with Gasteiger partial charge in [0, 0.05) is 6.42 Å². The second-order valence-corrected chi connectivity index (χ2v) is 7.01. The summed E-state index contributed by atoms with van der Waals surface area (Å²) in [6.07, 6.45) is 17.0. The van der Waals surface area contributed by atoms with Gasteiger partial charge in [0.1, 0.15) is 0 Å². The zero-order chi connectivity index (χ0) is 18.8. The lowest BCUT2D eigenvalue weighted by Gasteiger charge is -2.13. The molecule has 0 spiro atoms. The maximum atomic E-state index is 11.6. The van der Waals surface area contributed by atoms with Crippen molar-refractivity contribution in [2.75, 3.05) is 14.2 Å². The highest BCUT2D eigenvalue weighted by Gasteiger charge is 2.17. The number of methoxy groups -OCH3 is 2. The molecule has 0 heterocycles. The van der Waals surface area contributed by atoms with Crippen LogP contribution in [0, 0.1) is 5.92 Å². The third-order valence-corrected chi connectivity index (χ3v) is 4.83. The highest BCUT2D eigenvalue weighted by molar-refractivity contribution is 5.72. The summed E-state index contributed by atoms with van der Waals surface area (Å²) in [6.45, 7) is 2.12. The Bertz CT molecular complexity index is 328. The van der Waals surface area contributed by atoms with Crippen molar-refractivity contribution in [3.8, 4) is 0 Å². The predicted molar refractivity (Wildman–Crippen MR) is 102 cm³/mol. The van der Waals surface area contributed by atoms with Gasteiger partial charge in [0.25, 0.3) is 0 Å². The van der Waals surface area contributed by atoms with Crippen LogP contribution in [0.1, 0.15) is 103 Å². The maximum absolute atomic E-state index is 11.6. The van der Waals surface area contributed by atoms with Crippen LogP contribution in [0.2, 0.25) is 0 Å². The molecule has 0 saturated carbocycles. The lowest BCUT2D eigenvalue weighted by Crippen LogP contribution is -2.15. The van der Waals surface area contributed by atoms with E-state index in [2.05, 4.69) is 11.7 Å². The second kappa shape index (κ2) is 17.8. The molecule has 0 aliphatic heterocycles. The van der Waals surface area contributed by atoms with Gasteiger partial charge in [0.15, 0.2) is 0 Å². The van der Waals surface area contributed by atoms with Crippen LogP contribution in [0.5, 0.6) is 0 Å². The fourth-order valence-electron chi connectivity index (χ4n) is 3.25. The van der Waals surface area contributed by atoms with Gasteiger partial charge in [0.05, 0.1) is 20.1 Å². The zero-order valence-electron chi connectivity index (χ0n) is 16.8. The van der Waals surface area contributed by atoms with Crippen molar-refractivity contribution in [2.45, 2.75) is 103 Å². The van der Waals surface area contributed by atoms with Gasteiger partial charge in [-0.2, -0.15) is 0 Å². The summed E-state index contributed by atoms with van der Waals surface area (Å²) in [5.41, 5.74) is 0. The first-order valence-electron chi connectivity index (χ1n) is 10.3. The molecular formula is C21H40O4. The van der Waals surface area contributed by atoms with E-state index in [0.717, 1.165) is 38.5 Å². The third kappa shape index (κ3) is 14.9. The molecule has 0 aliphatic rings. The molecule has 0 fully saturated rings. The Morgan fingerprint density at radius 3 is 1.60 bits per heavy atom. The molecule has 0 bridgehead atoms.